The van der Waals surface area contributed by atoms with Gasteiger partial charge in [-0.1, -0.05) is 12.1 Å². The van der Waals surface area contributed by atoms with Crippen LogP contribution in [0.4, 0.5) is 13.6 Å². The molecule has 0 aliphatic carbocycles. The highest BCUT2D eigenvalue weighted by Crippen LogP contribution is 2.27. The summed E-state index contributed by atoms with van der Waals surface area (Å²) in [4.78, 5) is 28.8. The van der Waals surface area contributed by atoms with E-state index in [4.69, 9.17) is 10.5 Å². The van der Waals surface area contributed by atoms with Crippen molar-refractivity contribution >= 4 is 11.9 Å². The van der Waals surface area contributed by atoms with Crippen LogP contribution in [0.2, 0.25) is 0 Å². The van der Waals surface area contributed by atoms with Crippen LogP contribution in [0.3, 0.4) is 0 Å². The monoisotopic (exact) mass is 547 g/mol. The van der Waals surface area contributed by atoms with Gasteiger partial charge in [-0.25, -0.2) is 18.1 Å². The van der Waals surface area contributed by atoms with Crippen LogP contribution in [-0.4, -0.2) is 78.4 Å². The zero-order valence-corrected chi connectivity index (χ0v) is 23.0. The second-order valence-electron chi connectivity index (χ2n) is 10.3. The van der Waals surface area contributed by atoms with Gasteiger partial charge in [0.25, 0.3) is 0 Å². The summed E-state index contributed by atoms with van der Waals surface area (Å²) < 4.78 is 32.5. The fourth-order valence-electron chi connectivity index (χ4n) is 5.43. The zero-order chi connectivity index (χ0) is 28.6. The molecule has 4 N–H and O–H groups in total. The van der Waals surface area contributed by atoms with Crippen LogP contribution < -0.4 is 15.8 Å². The van der Waals surface area contributed by atoms with E-state index in [1.54, 1.807) is 12.0 Å². The first kappa shape index (κ1) is 30.5. The number of amides is 3. The molecule has 1 saturated heterocycles. The molecule has 2 unspecified atom stereocenters. The van der Waals surface area contributed by atoms with Gasteiger partial charge in [-0.2, -0.15) is 0 Å². The zero-order valence-electron chi connectivity index (χ0n) is 23.0. The standard InChI is InChI=1S/C29H40F2N4O4/c1-4-34(5-2)28(37)22-9-7-11-35(18-22,29(38)33-17-20-8-6-10-25(14-20)39-3)19-27(36)26(32)15-21-12-23(30)16-24(31)13-21/h6,8,10,12-14,16,22,26-27,36H,4-5,7,9,11,15,17-19,32H2,1-3H3/p+1/t22?,26-,27+,35?/m0/s1. The highest BCUT2D eigenvalue weighted by molar-refractivity contribution is 5.79. The summed E-state index contributed by atoms with van der Waals surface area (Å²) in [6.07, 6.45) is 0.161. The number of nitrogens with zero attached hydrogens (tertiary/aromatic N) is 2. The molecule has 2 aromatic carbocycles. The van der Waals surface area contributed by atoms with Gasteiger partial charge in [-0.05, 0) is 68.5 Å². The quantitative estimate of drug-likeness (QED) is 0.375. The molecule has 39 heavy (non-hydrogen) atoms. The maximum Gasteiger partial charge on any atom is 0.416 e. The number of nitrogens with two attached hydrogens (primary N) is 1. The van der Waals surface area contributed by atoms with E-state index >= 15 is 0 Å². The van der Waals surface area contributed by atoms with Crippen molar-refractivity contribution in [2.75, 3.05) is 39.8 Å². The molecule has 8 nitrogen and oxygen atoms in total. The number of aliphatic hydroxyl groups is 1. The molecule has 1 fully saturated rings. The van der Waals surface area contributed by atoms with E-state index in [0.29, 0.717) is 43.8 Å². The molecule has 0 radical (unpaired) electrons. The SMILES string of the molecule is CCN(CC)C(=O)C1CCC[N+](C[C@@H](O)[C@@H](N)Cc2cc(F)cc(F)c2)(C(=O)NCc2cccc(OC)c2)C1. The van der Waals surface area contributed by atoms with Crippen LogP contribution in [0, 0.1) is 17.6 Å². The maximum absolute atomic E-state index is 13.8. The van der Waals surface area contributed by atoms with Crippen molar-refractivity contribution in [2.24, 2.45) is 11.7 Å². The van der Waals surface area contributed by atoms with E-state index < -0.39 is 23.8 Å². The molecule has 0 spiro atoms. The van der Waals surface area contributed by atoms with Crippen molar-refractivity contribution < 1.29 is 32.7 Å². The Morgan fingerprint density at radius 1 is 1.15 bits per heavy atom. The first-order chi connectivity index (χ1) is 18.6. The van der Waals surface area contributed by atoms with Crippen molar-refractivity contribution in [1.29, 1.82) is 0 Å². The summed E-state index contributed by atoms with van der Waals surface area (Å²) in [6.45, 7) is 5.88. The molecule has 0 saturated carbocycles. The molecule has 3 rings (SSSR count). The molecule has 0 aromatic heterocycles. The molecule has 2 aromatic rings. The van der Waals surface area contributed by atoms with Gasteiger partial charge in [-0.15, -0.1) is 0 Å². The Bertz CT molecular complexity index is 1110. The number of rotatable bonds is 11. The number of urea groups is 1. The van der Waals surface area contributed by atoms with Crippen LogP contribution in [0.1, 0.15) is 37.8 Å². The summed E-state index contributed by atoms with van der Waals surface area (Å²) in [5, 5.41) is 14.1. The van der Waals surface area contributed by atoms with Crippen LogP contribution >= 0.6 is 0 Å². The van der Waals surface area contributed by atoms with Crippen molar-refractivity contribution in [1.82, 2.24) is 10.2 Å². The number of hydrogen-bond acceptors (Lipinski definition) is 5. The smallest absolute Gasteiger partial charge is 0.416 e. The van der Waals surface area contributed by atoms with E-state index in [0.717, 1.165) is 11.6 Å². The second-order valence-corrected chi connectivity index (χ2v) is 10.3. The number of methoxy groups -OCH3 is 1. The van der Waals surface area contributed by atoms with Gasteiger partial charge in [0.1, 0.15) is 30.0 Å². The average molecular weight is 548 g/mol. The fraction of sp³-hybridized carbons (Fsp3) is 0.517. The average Bonchev–Trinajstić information content (AvgIpc) is 2.91. The summed E-state index contributed by atoms with van der Waals surface area (Å²) >= 11 is 0. The van der Waals surface area contributed by atoms with Gasteiger partial charge in [0.15, 0.2) is 0 Å². The number of aliphatic hydroxyl groups excluding tert-OH is 1. The van der Waals surface area contributed by atoms with E-state index in [1.807, 2.05) is 38.1 Å². The van der Waals surface area contributed by atoms with E-state index in [1.165, 1.54) is 12.1 Å². The number of carbonyl (C=O) groups is 2. The molecule has 0 bridgehead atoms. The molecular formula is C29H41F2N4O4+. The number of halogens is 2. The van der Waals surface area contributed by atoms with E-state index in [-0.39, 0.29) is 48.4 Å². The predicted molar refractivity (Wildman–Crippen MR) is 145 cm³/mol. The van der Waals surface area contributed by atoms with Crippen molar-refractivity contribution in [3.8, 4) is 5.75 Å². The lowest BCUT2D eigenvalue weighted by Gasteiger charge is -2.43. The van der Waals surface area contributed by atoms with Gasteiger partial charge >= 0.3 is 6.03 Å². The van der Waals surface area contributed by atoms with Gasteiger partial charge in [-0.3, -0.25) is 4.79 Å². The van der Waals surface area contributed by atoms with Crippen LogP contribution in [-0.2, 0) is 17.8 Å². The van der Waals surface area contributed by atoms with Crippen LogP contribution in [0.5, 0.6) is 5.75 Å². The van der Waals surface area contributed by atoms with Crippen molar-refractivity contribution in [3.63, 3.8) is 0 Å². The number of ether oxygens (including phenoxy) is 1. The Hall–Kier alpha value is -3.08. The lowest BCUT2D eigenvalue weighted by atomic mass is 9.92. The highest BCUT2D eigenvalue weighted by Gasteiger charge is 2.46. The first-order valence-electron chi connectivity index (χ1n) is 13.6. The molecule has 214 valence electrons. The molecule has 1 aliphatic rings. The Kier molecular flexibility index (Phi) is 10.8. The third-order valence-electron chi connectivity index (χ3n) is 7.57. The first-order valence-corrected chi connectivity index (χ1v) is 13.6. The van der Waals surface area contributed by atoms with E-state index in [2.05, 4.69) is 5.32 Å². The van der Waals surface area contributed by atoms with Gasteiger partial charge < -0.3 is 25.8 Å². The van der Waals surface area contributed by atoms with Crippen LogP contribution in [0.25, 0.3) is 0 Å². The Morgan fingerprint density at radius 2 is 1.85 bits per heavy atom. The predicted octanol–water partition coefficient (Wildman–Crippen LogP) is 3.21. The summed E-state index contributed by atoms with van der Waals surface area (Å²) in [7, 11) is 1.57. The third kappa shape index (κ3) is 7.97. The second kappa shape index (κ2) is 13.8. The minimum absolute atomic E-state index is 0.00294. The topological polar surface area (TPSA) is 105 Å². The van der Waals surface area contributed by atoms with Gasteiger partial charge in [0.05, 0.1) is 26.1 Å². The lowest BCUT2D eigenvalue weighted by Crippen LogP contribution is -2.66. The lowest BCUT2D eigenvalue weighted by molar-refractivity contribution is -0.862. The number of hydrogen-bond donors (Lipinski definition) is 3. The number of quaternary nitrogens is 1. The minimum Gasteiger partial charge on any atom is -0.497 e. The van der Waals surface area contributed by atoms with Crippen molar-refractivity contribution in [3.05, 3.63) is 65.2 Å². The Labute approximate surface area is 229 Å². The Morgan fingerprint density at radius 3 is 2.49 bits per heavy atom. The highest BCUT2D eigenvalue weighted by atomic mass is 19.1. The largest absolute Gasteiger partial charge is 0.497 e. The van der Waals surface area contributed by atoms with Gasteiger partial charge in [0.2, 0.25) is 5.91 Å². The molecule has 1 heterocycles. The number of likely N-dealkylation sites (tertiary alicyclic amines) is 1. The van der Waals surface area contributed by atoms with E-state index in [9.17, 15) is 23.5 Å². The number of benzene rings is 2. The Balaban J connectivity index is 1.81. The summed E-state index contributed by atoms with van der Waals surface area (Å²) in [6, 6.07) is 9.32. The minimum atomic E-state index is -1.15. The van der Waals surface area contributed by atoms with Crippen LogP contribution in [0.15, 0.2) is 42.5 Å². The molecule has 4 atom stereocenters. The molecular weight excluding hydrogens is 506 g/mol. The molecule has 1 aliphatic heterocycles. The fourth-order valence-corrected chi connectivity index (χ4v) is 5.43. The third-order valence-corrected chi connectivity index (χ3v) is 7.57. The number of piperidine rings is 1. The van der Waals surface area contributed by atoms with Gasteiger partial charge in [0, 0.05) is 31.7 Å². The summed E-state index contributed by atoms with van der Waals surface area (Å²) in [5.74, 6) is -1.15. The number of nitrogens with one attached hydrogen (secondary N) is 1. The number of carbonyl (C=O) groups excluding carboxylic acids is 2. The summed E-state index contributed by atoms with van der Waals surface area (Å²) in [5.41, 5.74) is 7.45. The molecule has 3 amide bonds. The normalized spacial score (nSPS) is 20.6. The molecule has 10 heteroatoms. The maximum atomic E-state index is 13.8. The van der Waals surface area contributed by atoms with Crippen molar-refractivity contribution in [2.45, 2.75) is 51.8 Å².